The zero-order chi connectivity index (χ0) is 18.8. The lowest BCUT2D eigenvalue weighted by atomic mass is 9.82. The Morgan fingerprint density at radius 2 is 1.92 bits per heavy atom. The van der Waals surface area contributed by atoms with Gasteiger partial charge in [-0.05, 0) is 60.3 Å². The van der Waals surface area contributed by atoms with Crippen molar-refractivity contribution in [1.29, 1.82) is 0 Å². The highest BCUT2D eigenvalue weighted by Gasteiger charge is 2.39. The van der Waals surface area contributed by atoms with Crippen LogP contribution in [-0.2, 0) is 9.53 Å². The fourth-order valence-electron chi connectivity index (χ4n) is 2.98. The molecule has 140 valence electrons. The first-order chi connectivity index (χ1) is 11.6. The number of hydrogen-bond donors (Lipinski definition) is 0. The van der Waals surface area contributed by atoms with Gasteiger partial charge in [0.25, 0.3) is 0 Å². The first kappa shape index (κ1) is 20.5. The molecule has 1 heterocycles. The van der Waals surface area contributed by atoms with Crippen LogP contribution in [0.25, 0.3) is 0 Å². The minimum absolute atomic E-state index is 0.0119. The number of alkyl halides is 3. The van der Waals surface area contributed by atoms with Crippen molar-refractivity contribution in [3.05, 3.63) is 13.8 Å². The van der Waals surface area contributed by atoms with Gasteiger partial charge in [0.05, 0.1) is 15.7 Å². The average molecular weight is 489 g/mol. The Morgan fingerprint density at radius 1 is 1.32 bits per heavy atom. The molecule has 1 aromatic heterocycles. The van der Waals surface area contributed by atoms with E-state index in [0.717, 1.165) is 31.3 Å². The number of thiophene rings is 1. The van der Waals surface area contributed by atoms with Gasteiger partial charge in [0.1, 0.15) is 11.4 Å². The summed E-state index contributed by atoms with van der Waals surface area (Å²) in [5.41, 5.74) is -0.0119. The lowest BCUT2D eigenvalue weighted by molar-refractivity contribution is -0.135. The molecule has 1 aliphatic rings. The van der Waals surface area contributed by atoms with Gasteiger partial charge in [0.15, 0.2) is 0 Å². The van der Waals surface area contributed by atoms with E-state index in [1.807, 2.05) is 22.6 Å². The predicted molar refractivity (Wildman–Crippen MR) is 97.9 cm³/mol. The molecule has 25 heavy (non-hydrogen) atoms. The van der Waals surface area contributed by atoms with Crippen LogP contribution in [0.4, 0.5) is 18.9 Å². The quantitative estimate of drug-likeness (QED) is 0.449. The van der Waals surface area contributed by atoms with Crippen LogP contribution >= 0.6 is 33.9 Å². The number of carbonyl (C=O) groups is 2. The van der Waals surface area contributed by atoms with E-state index in [1.54, 1.807) is 0 Å². The van der Waals surface area contributed by atoms with E-state index in [0.29, 0.717) is 26.5 Å². The Hall–Kier alpha value is -0.840. The molecule has 0 atom stereocenters. The Labute approximate surface area is 161 Å². The first-order valence-electron chi connectivity index (χ1n) is 7.88. The molecule has 1 saturated carbocycles. The first-order valence-corrected chi connectivity index (χ1v) is 9.77. The molecule has 2 rings (SSSR count). The molecule has 1 fully saturated rings. The minimum atomic E-state index is -4.56. The highest BCUT2D eigenvalue weighted by molar-refractivity contribution is 14.1. The van der Waals surface area contributed by atoms with Gasteiger partial charge in [0.2, 0.25) is 5.91 Å². The number of nitrogens with zero attached hydrogens (tertiary/aromatic N) is 1. The SMILES string of the molecule is COC(=O)c1sc(I)cc1N(CC(F)(F)F)C(=O)C1CCC(C)CC1. The zero-order valence-corrected chi connectivity index (χ0v) is 16.8. The molecule has 0 saturated heterocycles. The van der Waals surface area contributed by atoms with Crippen LogP contribution in [-0.4, -0.2) is 31.7 Å². The van der Waals surface area contributed by atoms with Crippen molar-refractivity contribution in [3.63, 3.8) is 0 Å². The second kappa shape index (κ2) is 8.24. The third-order valence-corrected chi connectivity index (χ3v) is 6.18. The lowest BCUT2D eigenvalue weighted by Crippen LogP contribution is -2.43. The molecule has 9 heteroatoms. The van der Waals surface area contributed by atoms with Crippen LogP contribution in [0.3, 0.4) is 0 Å². The van der Waals surface area contributed by atoms with Crippen molar-refractivity contribution in [3.8, 4) is 0 Å². The van der Waals surface area contributed by atoms with Gasteiger partial charge in [-0.1, -0.05) is 6.92 Å². The van der Waals surface area contributed by atoms with E-state index in [-0.39, 0.29) is 10.6 Å². The maximum atomic E-state index is 13.1. The molecule has 0 spiro atoms. The highest BCUT2D eigenvalue weighted by Crippen LogP contribution is 2.37. The van der Waals surface area contributed by atoms with Crippen molar-refractivity contribution >= 4 is 51.5 Å². The van der Waals surface area contributed by atoms with Crippen LogP contribution in [0.1, 0.15) is 42.3 Å². The Bertz CT molecular complexity index is 639. The number of rotatable bonds is 4. The number of anilines is 1. The number of carbonyl (C=O) groups excluding carboxylic acids is 2. The Morgan fingerprint density at radius 3 is 2.44 bits per heavy atom. The Kier molecular flexibility index (Phi) is 6.74. The number of hydrogen-bond acceptors (Lipinski definition) is 4. The fraction of sp³-hybridized carbons (Fsp3) is 0.625. The molecule has 0 bridgehead atoms. The molecule has 0 radical (unpaired) electrons. The Balaban J connectivity index is 2.36. The standard InChI is InChI=1S/C16H19F3INO3S/c1-9-3-5-10(6-4-9)14(22)21(8-16(17,18)19)11-7-12(20)25-13(11)15(23)24-2/h7,9-10H,3-6,8H2,1-2H3. The third kappa shape index (κ3) is 5.32. The van der Waals surface area contributed by atoms with E-state index in [9.17, 15) is 22.8 Å². The van der Waals surface area contributed by atoms with E-state index in [2.05, 4.69) is 11.7 Å². The maximum absolute atomic E-state index is 13.1. The second-order valence-electron chi connectivity index (χ2n) is 6.25. The van der Waals surface area contributed by atoms with Gasteiger partial charge >= 0.3 is 12.1 Å². The molecule has 4 nitrogen and oxygen atoms in total. The molecule has 1 aliphatic carbocycles. The van der Waals surface area contributed by atoms with Gasteiger partial charge in [-0.2, -0.15) is 13.2 Å². The smallest absolute Gasteiger partial charge is 0.406 e. The van der Waals surface area contributed by atoms with Crippen molar-refractivity contribution in [2.75, 3.05) is 18.6 Å². The molecular formula is C16H19F3INO3S. The van der Waals surface area contributed by atoms with Crippen molar-refractivity contribution in [1.82, 2.24) is 0 Å². The summed E-state index contributed by atoms with van der Waals surface area (Å²) in [4.78, 5) is 25.5. The van der Waals surface area contributed by atoms with Crippen molar-refractivity contribution in [2.45, 2.75) is 38.8 Å². The van der Waals surface area contributed by atoms with E-state index < -0.39 is 30.5 Å². The molecule has 0 unspecified atom stereocenters. The number of esters is 1. The predicted octanol–water partition coefficient (Wildman–Crippen LogP) is 4.86. The van der Waals surface area contributed by atoms with Gasteiger partial charge in [-0.3, -0.25) is 4.79 Å². The molecule has 0 aromatic carbocycles. The normalized spacial score (nSPS) is 21.0. The zero-order valence-electron chi connectivity index (χ0n) is 13.9. The molecule has 0 aliphatic heterocycles. The van der Waals surface area contributed by atoms with E-state index in [1.165, 1.54) is 6.07 Å². The molecule has 0 N–H and O–H groups in total. The summed E-state index contributed by atoms with van der Waals surface area (Å²) in [7, 11) is 1.16. The lowest BCUT2D eigenvalue weighted by Gasteiger charge is -2.31. The van der Waals surface area contributed by atoms with Crippen LogP contribution in [0.5, 0.6) is 0 Å². The van der Waals surface area contributed by atoms with E-state index in [4.69, 9.17) is 0 Å². The highest BCUT2D eigenvalue weighted by atomic mass is 127. The van der Waals surface area contributed by atoms with Gasteiger partial charge < -0.3 is 9.64 Å². The van der Waals surface area contributed by atoms with Crippen molar-refractivity contribution < 1.29 is 27.5 Å². The molecule has 1 aromatic rings. The topological polar surface area (TPSA) is 46.6 Å². The van der Waals surface area contributed by atoms with Crippen LogP contribution < -0.4 is 4.90 Å². The third-order valence-electron chi connectivity index (χ3n) is 4.31. The van der Waals surface area contributed by atoms with E-state index >= 15 is 0 Å². The summed E-state index contributed by atoms with van der Waals surface area (Å²) < 4.78 is 44.6. The summed E-state index contributed by atoms with van der Waals surface area (Å²) in [5.74, 6) is -1.27. The van der Waals surface area contributed by atoms with Gasteiger partial charge in [0, 0.05) is 5.92 Å². The summed E-state index contributed by atoms with van der Waals surface area (Å²) in [6, 6.07) is 1.44. The monoisotopic (exact) mass is 489 g/mol. The molecular weight excluding hydrogens is 470 g/mol. The summed E-state index contributed by atoms with van der Waals surface area (Å²) in [5, 5.41) is 0. The number of amides is 1. The van der Waals surface area contributed by atoms with Crippen LogP contribution in [0.15, 0.2) is 6.07 Å². The number of halogens is 4. The van der Waals surface area contributed by atoms with Gasteiger partial charge in [-0.15, -0.1) is 11.3 Å². The fourth-order valence-corrected chi connectivity index (χ4v) is 4.74. The summed E-state index contributed by atoms with van der Waals surface area (Å²) in [6.07, 6.45) is -1.77. The maximum Gasteiger partial charge on any atom is 0.406 e. The summed E-state index contributed by atoms with van der Waals surface area (Å²) in [6.45, 7) is 0.666. The van der Waals surface area contributed by atoms with Gasteiger partial charge in [-0.25, -0.2) is 4.79 Å². The molecule has 1 amide bonds. The number of ether oxygens (including phenoxy) is 1. The number of methoxy groups -OCH3 is 1. The second-order valence-corrected chi connectivity index (χ2v) is 9.20. The van der Waals surface area contributed by atoms with Crippen molar-refractivity contribution in [2.24, 2.45) is 11.8 Å². The van der Waals surface area contributed by atoms with Crippen LogP contribution in [0, 0.1) is 14.7 Å². The minimum Gasteiger partial charge on any atom is -0.465 e. The summed E-state index contributed by atoms with van der Waals surface area (Å²) >= 11 is 2.94. The van der Waals surface area contributed by atoms with Crippen LogP contribution in [0.2, 0.25) is 0 Å². The largest absolute Gasteiger partial charge is 0.465 e. The average Bonchev–Trinajstić information content (AvgIpc) is 2.93.